The number of hydrogen-bond acceptors (Lipinski definition) is 1. The fourth-order valence-corrected chi connectivity index (χ4v) is 1.93. The lowest BCUT2D eigenvalue weighted by atomic mass is 10.1. The number of rotatable bonds is 2. The summed E-state index contributed by atoms with van der Waals surface area (Å²) in [5.74, 6) is 0.522. The Hall–Kier alpha value is -1.47. The maximum Gasteiger partial charge on any atom is 0.0292 e. The molecule has 2 rings (SSSR count). The van der Waals surface area contributed by atoms with E-state index in [0.29, 0.717) is 12.5 Å². The van der Waals surface area contributed by atoms with Crippen LogP contribution in [0.4, 0.5) is 0 Å². The maximum absolute atomic E-state index is 8.20. The van der Waals surface area contributed by atoms with Crippen molar-refractivity contribution in [2.75, 3.05) is 6.54 Å². The summed E-state index contributed by atoms with van der Waals surface area (Å²) in [4.78, 5) is 2.79. The van der Waals surface area contributed by atoms with E-state index in [2.05, 4.69) is 34.3 Å². The standard InChI is InChI=1S/C10H11N3/c11-13-12-7-8-5-9-3-1-2-4-10(9)6-8/h1-4,8H,5-7H2. The van der Waals surface area contributed by atoms with Crippen LogP contribution in [0.3, 0.4) is 0 Å². The van der Waals surface area contributed by atoms with Gasteiger partial charge in [-0.2, -0.15) is 0 Å². The van der Waals surface area contributed by atoms with E-state index in [9.17, 15) is 0 Å². The quantitative estimate of drug-likeness (QED) is 0.375. The first-order valence-corrected chi connectivity index (χ1v) is 4.48. The number of hydrogen-bond donors (Lipinski definition) is 0. The van der Waals surface area contributed by atoms with E-state index in [0.717, 1.165) is 12.8 Å². The minimum absolute atomic E-state index is 0.522. The van der Waals surface area contributed by atoms with E-state index in [1.165, 1.54) is 11.1 Å². The number of fused-ring (bicyclic) bond motifs is 1. The van der Waals surface area contributed by atoms with Crippen molar-refractivity contribution in [3.63, 3.8) is 0 Å². The molecule has 0 saturated heterocycles. The zero-order chi connectivity index (χ0) is 9.10. The Labute approximate surface area is 77.0 Å². The first-order chi connectivity index (χ1) is 6.40. The van der Waals surface area contributed by atoms with Gasteiger partial charge in [0, 0.05) is 11.5 Å². The second-order valence-electron chi connectivity index (χ2n) is 3.46. The van der Waals surface area contributed by atoms with Crippen LogP contribution < -0.4 is 0 Å². The molecule has 1 aliphatic rings. The molecule has 0 bridgehead atoms. The fourth-order valence-electron chi connectivity index (χ4n) is 1.93. The summed E-state index contributed by atoms with van der Waals surface area (Å²) in [5, 5.41) is 3.62. The second kappa shape index (κ2) is 3.50. The van der Waals surface area contributed by atoms with Crippen LogP contribution in [-0.4, -0.2) is 6.54 Å². The van der Waals surface area contributed by atoms with Gasteiger partial charge in [-0.3, -0.25) is 0 Å². The fraction of sp³-hybridized carbons (Fsp3) is 0.400. The Morgan fingerprint density at radius 3 is 2.46 bits per heavy atom. The molecule has 13 heavy (non-hydrogen) atoms. The largest absolute Gasteiger partial charge is 0.0937 e. The molecule has 1 aromatic rings. The average Bonchev–Trinajstić information content (AvgIpc) is 2.57. The lowest BCUT2D eigenvalue weighted by Crippen LogP contribution is -2.02. The summed E-state index contributed by atoms with van der Waals surface area (Å²) in [6.07, 6.45) is 2.13. The second-order valence-corrected chi connectivity index (χ2v) is 3.46. The highest BCUT2D eigenvalue weighted by atomic mass is 15.1. The summed E-state index contributed by atoms with van der Waals surface area (Å²) in [6.45, 7) is 0.630. The lowest BCUT2D eigenvalue weighted by Gasteiger charge is -2.01. The molecule has 0 amide bonds. The third-order valence-corrected chi connectivity index (χ3v) is 2.54. The molecule has 0 spiro atoms. The van der Waals surface area contributed by atoms with Crippen LogP contribution in [0, 0.1) is 5.92 Å². The van der Waals surface area contributed by atoms with Crippen molar-refractivity contribution in [3.8, 4) is 0 Å². The summed E-state index contributed by atoms with van der Waals surface area (Å²) in [7, 11) is 0. The van der Waals surface area contributed by atoms with Gasteiger partial charge in [0.15, 0.2) is 0 Å². The van der Waals surface area contributed by atoms with Crippen molar-refractivity contribution in [1.82, 2.24) is 0 Å². The van der Waals surface area contributed by atoms with E-state index in [4.69, 9.17) is 5.53 Å². The first-order valence-electron chi connectivity index (χ1n) is 4.48. The molecule has 3 nitrogen and oxygen atoms in total. The Morgan fingerprint density at radius 2 is 1.92 bits per heavy atom. The van der Waals surface area contributed by atoms with Crippen molar-refractivity contribution < 1.29 is 0 Å². The summed E-state index contributed by atoms with van der Waals surface area (Å²) >= 11 is 0. The third-order valence-electron chi connectivity index (χ3n) is 2.54. The number of nitrogens with zero attached hydrogens (tertiary/aromatic N) is 3. The van der Waals surface area contributed by atoms with Gasteiger partial charge in [0.2, 0.25) is 0 Å². The SMILES string of the molecule is [N-]=[N+]=NCC1Cc2ccccc2C1. The predicted molar refractivity (Wildman–Crippen MR) is 51.4 cm³/mol. The molecule has 1 aliphatic carbocycles. The minimum Gasteiger partial charge on any atom is -0.0937 e. The molecule has 0 N–H and O–H groups in total. The van der Waals surface area contributed by atoms with E-state index in [-0.39, 0.29) is 0 Å². The molecule has 0 fully saturated rings. The highest BCUT2D eigenvalue weighted by Gasteiger charge is 2.19. The van der Waals surface area contributed by atoms with Crippen molar-refractivity contribution in [3.05, 3.63) is 45.8 Å². The van der Waals surface area contributed by atoms with Crippen molar-refractivity contribution in [1.29, 1.82) is 0 Å². The Kier molecular flexibility index (Phi) is 2.19. The smallest absolute Gasteiger partial charge is 0.0292 e. The van der Waals surface area contributed by atoms with Crippen molar-refractivity contribution >= 4 is 0 Å². The zero-order valence-corrected chi connectivity index (χ0v) is 7.35. The van der Waals surface area contributed by atoms with Crippen LogP contribution in [-0.2, 0) is 12.8 Å². The third kappa shape index (κ3) is 1.65. The Balaban J connectivity index is 2.09. The molecule has 1 aromatic carbocycles. The lowest BCUT2D eigenvalue weighted by molar-refractivity contribution is 0.573. The zero-order valence-electron chi connectivity index (χ0n) is 7.35. The summed E-state index contributed by atoms with van der Waals surface area (Å²) in [6, 6.07) is 8.44. The molecule has 0 unspecified atom stereocenters. The van der Waals surface area contributed by atoms with Gasteiger partial charge in [-0.1, -0.05) is 29.4 Å². The molecular weight excluding hydrogens is 162 g/mol. The van der Waals surface area contributed by atoms with Crippen LogP contribution in [0.5, 0.6) is 0 Å². The number of benzene rings is 1. The molecule has 0 aliphatic heterocycles. The topological polar surface area (TPSA) is 48.8 Å². The molecule has 0 radical (unpaired) electrons. The highest BCUT2D eigenvalue weighted by Crippen LogP contribution is 2.26. The van der Waals surface area contributed by atoms with Crippen LogP contribution >= 0.6 is 0 Å². The van der Waals surface area contributed by atoms with Crippen LogP contribution in [0.25, 0.3) is 10.4 Å². The van der Waals surface area contributed by atoms with Crippen LogP contribution in [0.2, 0.25) is 0 Å². The Bertz CT molecular complexity index is 328. The summed E-state index contributed by atoms with van der Waals surface area (Å²) < 4.78 is 0. The maximum atomic E-state index is 8.20. The van der Waals surface area contributed by atoms with Crippen LogP contribution in [0.15, 0.2) is 29.4 Å². The van der Waals surface area contributed by atoms with Gasteiger partial charge in [0.05, 0.1) is 0 Å². The van der Waals surface area contributed by atoms with Gasteiger partial charge in [-0.25, -0.2) is 0 Å². The average molecular weight is 173 g/mol. The van der Waals surface area contributed by atoms with E-state index in [1.54, 1.807) is 0 Å². The molecule has 66 valence electrons. The van der Waals surface area contributed by atoms with Crippen LogP contribution in [0.1, 0.15) is 11.1 Å². The molecular formula is C10H11N3. The highest BCUT2D eigenvalue weighted by molar-refractivity contribution is 5.32. The van der Waals surface area contributed by atoms with Gasteiger partial charge in [0.25, 0.3) is 0 Å². The van der Waals surface area contributed by atoms with Crippen molar-refractivity contribution in [2.24, 2.45) is 11.0 Å². The summed E-state index contributed by atoms with van der Waals surface area (Å²) in [5.41, 5.74) is 11.0. The molecule has 0 atom stereocenters. The Morgan fingerprint density at radius 1 is 1.31 bits per heavy atom. The monoisotopic (exact) mass is 173 g/mol. The number of azide groups is 1. The molecule has 3 heteroatoms. The van der Waals surface area contributed by atoms with Crippen molar-refractivity contribution in [2.45, 2.75) is 12.8 Å². The first kappa shape index (κ1) is 8.14. The van der Waals surface area contributed by atoms with Gasteiger partial charge >= 0.3 is 0 Å². The van der Waals surface area contributed by atoms with Gasteiger partial charge in [-0.05, 0) is 35.4 Å². The van der Waals surface area contributed by atoms with Gasteiger partial charge in [0.1, 0.15) is 0 Å². The minimum atomic E-state index is 0.522. The van der Waals surface area contributed by atoms with E-state index < -0.39 is 0 Å². The molecule has 0 aromatic heterocycles. The molecule has 0 heterocycles. The van der Waals surface area contributed by atoms with Gasteiger partial charge in [-0.15, -0.1) is 0 Å². The van der Waals surface area contributed by atoms with E-state index >= 15 is 0 Å². The predicted octanol–water partition coefficient (Wildman–Crippen LogP) is 2.71. The molecule has 0 saturated carbocycles. The van der Waals surface area contributed by atoms with Gasteiger partial charge < -0.3 is 0 Å². The normalized spacial score (nSPS) is 15.1. The van der Waals surface area contributed by atoms with E-state index in [1.807, 2.05) is 0 Å².